The zero-order valence-corrected chi connectivity index (χ0v) is 21.3. The third-order valence-corrected chi connectivity index (χ3v) is 8.12. The predicted octanol–water partition coefficient (Wildman–Crippen LogP) is 5.75. The summed E-state index contributed by atoms with van der Waals surface area (Å²) in [4.78, 5) is 15.0. The van der Waals surface area contributed by atoms with E-state index in [2.05, 4.69) is 30.6 Å². The van der Waals surface area contributed by atoms with Gasteiger partial charge in [-0.1, -0.05) is 36.2 Å². The van der Waals surface area contributed by atoms with Crippen LogP contribution in [0.1, 0.15) is 57.3 Å². The Hall–Kier alpha value is -1.89. The lowest BCUT2D eigenvalue weighted by Gasteiger charge is -2.43. The number of hydrogen-bond donors (Lipinski definition) is 0. The van der Waals surface area contributed by atoms with Gasteiger partial charge in [0.05, 0.1) is 17.9 Å². The molecule has 33 heavy (non-hydrogen) atoms. The van der Waals surface area contributed by atoms with Gasteiger partial charge in [0.1, 0.15) is 11.3 Å². The first-order valence-corrected chi connectivity index (χ1v) is 12.8. The first-order valence-electron chi connectivity index (χ1n) is 12.0. The Labute approximate surface area is 205 Å². The third kappa shape index (κ3) is 4.22. The van der Waals surface area contributed by atoms with Gasteiger partial charge in [0, 0.05) is 35.2 Å². The van der Waals surface area contributed by atoms with E-state index < -0.39 is 0 Å². The summed E-state index contributed by atoms with van der Waals surface area (Å²) in [5.74, 6) is 1.52. The molecule has 0 saturated carbocycles. The number of benzene rings is 1. The van der Waals surface area contributed by atoms with E-state index in [0.29, 0.717) is 28.0 Å². The maximum absolute atomic E-state index is 6.51. The average Bonchev–Trinajstić information content (AvgIpc) is 3.36. The summed E-state index contributed by atoms with van der Waals surface area (Å²) < 4.78 is 1.94. The van der Waals surface area contributed by atoms with Crippen LogP contribution in [0, 0.1) is 12.8 Å². The van der Waals surface area contributed by atoms with Crippen molar-refractivity contribution in [2.45, 2.75) is 65.1 Å². The first-order chi connectivity index (χ1) is 15.8. The molecule has 3 aromatic rings. The molecule has 6 nitrogen and oxygen atoms in total. The maximum Gasteiger partial charge on any atom is 0.179 e. The molecule has 5 rings (SSSR count). The van der Waals surface area contributed by atoms with Crippen LogP contribution in [0.5, 0.6) is 0 Å². The molecule has 3 unspecified atom stereocenters. The fraction of sp³-hybridized carbons (Fsp3) is 0.560. The summed E-state index contributed by atoms with van der Waals surface area (Å²) in [7, 11) is 0. The SMILES string of the molecule is Cc1nn([C@H](C)c2ccc(Cl)cc2Cl)c2nc(N3CCC(N4CCCC4C)C(C)C3)cnc12. The molecule has 2 fully saturated rings. The van der Waals surface area contributed by atoms with Gasteiger partial charge in [0.25, 0.3) is 0 Å². The van der Waals surface area contributed by atoms with Gasteiger partial charge in [-0.25, -0.2) is 14.6 Å². The van der Waals surface area contributed by atoms with Crippen molar-refractivity contribution in [3.63, 3.8) is 0 Å². The van der Waals surface area contributed by atoms with Crippen molar-refractivity contribution >= 4 is 40.2 Å². The van der Waals surface area contributed by atoms with Crippen molar-refractivity contribution in [1.29, 1.82) is 0 Å². The lowest BCUT2D eigenvalue weighted by atomic mass is 9.92. The number of aryl methyl sites for hydroxylation is 1. The van der Waals surface area contributed by atoms with Crippen molar-refractivity contribution in [3.8, 4) is 0 Å². The summed E-state index contributed by atoms with van der Waals surface area (Å²) in [6.45, 7) is 12.1. The van der Waals surface area contributed by atoms with Gasteiger partial charge < -0.3 is 4.90 Å². The molecule has 4 heterocycles. The predicted molar refractivity (Wildman–Crippen MR) is 136 cm³/mol. The average molecular weight is 487 g/mol. The molecule has 4 atom stereocenters. The quantitative estimate of drug-likeness (QED) is 0.469. The number of piperidine rings is 1. The fourth-order valence-corrected chi connectivity index (χ4v) is 6.28. The standard InChI is InChI=1S/C25H32Cl2N6/c1-15-14-31(11-9-22(15)32-10-5-6-16(32)2)23-13-28-24-17(3)30-33(25(24)29-23)18(4)20-8-7-19(26)12-21(20)27/h7-8,12-13,15-16,18,22H,5-6,9-11,14H2,1-4H3/t15?,16?,18-,22?/m1/s1. The smallest absolute Gasteiger partial charge is 0.179 e. The van der Waals surface area contributed by atoms with Crippen LogP contribution in [-0.2, 0) is 0 Å². The fourth-order valence-electron chi connectivity index (χ4n) is 5.72. The molecule has 2 aromatic heterocycles. The van der Waals surface area contributed by atoms with Crippen molar-refractivity contribution in [2.24, 2.45) is 5.92 Å². The van der Waals surface area contributed by atoms with E-state index in [4.69, 9.17) is 38.3 Å². The van der Waals surface area contributed by atoms with Crippen LogP contribution in [0.15, 0.2) is 24.4 Å². The van der Waals surface area contributed by atoms with E-state index in [0.717, 1.165) is 41.3 Å². The van der Waals surface area contributed by atoms with Gasteiger partial charge >= 0.3 is 0 Å². The maximum atomic E-state index is 6.51. The van der Waals surface area contributed by atoms with Crippen LogP contribution in [0.4, 0.5) is 5.82 Å². The second-order valence-electron chi connectivity index (χ2n) is 9.78. The van der Waals surface area contributed by atoms with Gasteiger partial charge in [0.15, 0.2) is 5.65 Å². The van der Waals surface area contributed by atoms with Crippen LogP contribution >= 0.6 is 23.2 Å². The van der Waals surface area contributed by atoms with Crippen LogP contribution in [0.2, 0.25) is 10.0 Å². The topological polar surface area (TPSA) is 50.1 Å². The zero-order valence-electron chi connectivity index (χ0n) is 19.8. The minimum Gasteiger partial charge on any atom is -0.355 e. The van der Waals surface area contributed by atoms with E-state index in [9.17, 15) is 0 Å². The molecule has 0 radical (unpaired) electrons. The van der Waals surface area contributed by atoms with Crippen LogP contribution in [0.25, 0.3) is 11.2 Å². The highest BCUT2D eigenvalue weighted by Crippen LogP contribution is 2.33. The third-order valence-electron chi connectivity index (χ3n) is 7.55. The number of rotatable bonds is 4. The number of anilines is 1. The number of halogens is 2. The number of nitrogens with zero attached hydrogens (tertiary/aromatic N) is 6. The molecule has 2 saturated heterocycles. The number of likely N-dealkylation sites (tertiary alicyclic amines) is 1. The molecule has 176 valence electrons. The number of fused-ring (bicyclic) bond motifs is 1. The largest absolute Gasteiger partial charge is 0.355 e. The van der Waals surface area contributed by atoms with Crippen molar-refractivity contribution in [3.05, 3.63) is 45.7 Å². The van der Waals surface area contributed by atoms with E-state index in [1.165, 1.54) is 25.8 Å². The normalized spacial score (nSPS) is 25.2. The molecule has 2 aliphatic rings. The van der Waals surface area contributed by atoms with E-state index in [1.807, 2.05) is 29.9 Å². The summed E-state index contributed by atoms with van der Waals surface area (Å²) >= 11 is 12.6. The van der Waals surface area contributed by atoms with Gasteiger partial charge in [-0.15, -0.1) is 0 Å². The Morgan fingerprint density at radius 2 is 1.94 bits per heavy atom. The lowest BCUT2D eigenvalue weighted by molar-refractivity contribution is 0.122. The summed E-state index contributed by atoms with van der Waals surface area (Å²) in [5, 5.41) is 6.04. The number of aromatic nitrogens is 4. The highest BCUT2D eigenvalue weighted by Gasteiger charge is 2.35. The molecule has 0 bridgehead atoms. The van der Waals surface area contributed by atoms with Crippen LogP contribution < -0.4 is 4.90 Å². The molecule has 0 spiro atoms. The molecular formula is C25H32Cl2N6. The van der Waals surface area contributed by atoms with Crippen LogP contribution in [-0.4, -0.2) is 56.4 Å². The molecular weight excluding hydrogens is 455 g/mol. The van der Waals surface area contributed by atoms with Gasteiger partial charge in [-0.05, 0) is 70.2 Å². The van der Waals surface area contributed by atoms with E-state index in [1.54, 1.807) is 6.07 Å². The molecule has 0 amide bonds. The minimum atomic E-state index is -0.0863. The van der Waals surface area contributed by atoms with Gasteiger partial charge in [-0.2, -0.15) is 5.10 Å². The molecule has 0 N–H and O–H groups in total. The van der Waals surface area contributed by atoms with Crippen molar-refractivity contribution < 1.29 is 0 Å². The van der Waals surface area contributed by atoms with Gasteiger partial charge in [-0.3, -0.25) is 4.90 Å². The Kier molecular flexibility index (Phi) is 6.27. The Morgan fingerprint density at radius 1 is 1.12 bits per heavy atom. The van der Waals surface area contributed by atoms with Crippen molar-refractivity contribution in [2.75, 3.05) is 24.5 Å². The Bertz CT molecular complexity index is 1160. The second-order valence-corrected chi connectivity index (χ2v) is 10.6. The highest BCUT2D eigenvalue weighted by atomic mass is 35.5. The van der Waals surface area contributed by atoms with Gasteiger partial charge in [0.2, 0.25) is 0 Å². The van der Waals surface area contributed by atoms with Crippen LogP contribution in [0.3, 0.4) is 0 Å². The monoisotopic (exact) mass is 486 g/mol. The molecule has 8 heteroatoms. The second kappa shape index (κ2) is 9.05. The molecule has 2 aliphatic heterocycles. The Balaban J connectivity index is 1.43. The lowest BCUT2D eigenvalue weighted by Crippen LogP contribution is -2.51. The highest BCUT2D eigenvalue weighted by molar-refractivity contribution is 6.35. The Morgan fingerprint density at radius 3 is 2.64 bits per heavy atom. The van der Waals surface area contributed by atoms with E-state index >= 15 is 0 Å². The zero-order chi connectivity index (χ0) is 23.3. The molecule has 1 aromatic carbocycles. The minimum absolute atomic E-state index is 0.0863. The molecule has 0 aliphatic carbocycles. The first kappa shape index (κ1) is 22.9. The van der Waals surface area contributed by atoms with E-state index in [-0.39, 0.29) is 6.04 Å². The summed E-state index contributed by atoms with van der Waals surface area (Å²) in [5.41, 5.74) is 3.47. The number of hydrogen-bond acceptors (Lipinski definition) is 5. The van der Waals surface area contributed by atoms with Crippen molar-refractivity contribution in [1.82, 2.24) is 24.6 Å². The summed E-state index contributed by atoms with van der Waals surface area (Å²) in [6.07, 6.45) is 5.73. The summed E-state index contributed by atoms with van der Waals surface area (Å²) in [6, 6.07) is 6.88.